The molecule has 3 rings (SSSR count). The Labute approximate surface area is 179 Å². The first-order valence-electron chi connectivity index (χ1n) is 9.10. The van der Waals surface area contributed by atoms with Crippen molar-refractivity contribution in [3.63, 3.8) is 0 Å². The smallest absolute Gasteiger partial charge is 0.264 e. The Morgan fingerprint density at radius 2 is 1.70 bits per heavy atom. The molecular weight excluding hydrogens is 432 g/mol. The van der Waals surface area contributed by atoms with Crippen LogP contribution in [-0.2, 0) is 16.6 Å². The van der Waals surface area contributed by atoms with Gasteiger partial charge in [-0.15, -0.1) is 0 Å². The largest absolute Gasteiger partial charge is 0.392 e. The Bertz CT molecular complexity index is 1170. The zero-order valence-electron chi connectivity index (χ0n) is 16.3. The van der Waals surface area contributed by atoms with E-state index in [1.165, 1.54) is 24.3 Å². The van der Waals surface area contributed by atoms with E-state index < -0.39 is 33.4 Å². The minimum absolute atomic E-state index is 0.125. The number of hydrogen-bond donors (Lipinski definition) is 1. The van der Waals surface area contributed by atoms with E-state index in [1.807, 2.05) is 6.92 Å². The maximum atomic E-state index is 14.7. The monoisotopic (exact) mass is 451 g/mol. The number of halogens is 3. The molecule has 0 saturated heterocycles. The minimum atomic E-state index is -4.31. The molecule has 1 N–H and O–H groups in total. The number of sulfonamides is 1. The van der Waals surface area contributed by atoms with Crippen LogP contribution in [0, 0.1) is 18.6 Å². The van der Waals surface area contributed by atoms with Crippen LogP contribution in [0.4, 0.5) is 14.5 Å². The number of nitrogens with zero attached hydrogens (tertiary/aromatic N) is 1. The predicted molar refractivity (Wildman–Crippen MR) is 113 cm³/mol. The first-order chi connectivity index (χ1) is 14.1. The van der Waals surface area contributed by atoms with Crippen molar-refractivity contribution < 1.29 is 22.3 Å². The summed E-state index contributed by atoms with van der Waals surface area (Å²) in [6.45, 7) is 3.06. The normalized spacial score (nSPS) is 12.6. The highest BCUT2D eigenvalue weighted by atomic mass is 35.5. The van der Waals surface area contributed by atoms with Gasteiger partial charge in [-0.2, -0.15) is 0 Å². The number of aliphatic hydroxyl groups excluding tert-OH is 1. The van der Waals surface area contributed by atoms with Crippen LogP contribution < -0.4 is 4.31 Å². The van der Waals surface area contributed by atoms with Crippen molar-refractivity contribution in [1.29, 1.82) is 0 Å². The van der Waals surface area contributed by atoms with Crippen LogP contribution in [0.5, 0.6) is 0 Å². The summed E-state index contributed by atoms with van der Waals surface area (Å²) in [4.78, 5) is -0.125. The fourth-order valence-electron chi connectivity index (χ4n) is 3.33. The molecule has 158 valence electrons. The van der Waals surface area contributed by atoms with Crippen LogP contribution in [-0.4, -0.2) is 13.5 Å². The van der Waals surface area contributed by atoms with Crippen molar-refractivity contribution in [3.05, 3.63) is 94.0 Å². The van der Waals surface area contributed by atoms with Crippen molar-refractivity contribution in [2.24, 2.45) is 0 Å². The van der Waals surface area contributed by atoms with Gasteiger partial charge in [-0.05, 0) is 61.4 Å². The van der Waals surface area contributed by atoms with Crippen molar-refractivity contribution in [1.82, 2.24) is 0 Å². The van der Waals surface area contributed by atoms with E-state index in [-0.39, 0.29) is 11.5 Å². The summed E-state index contributed by atoms with van der Waals surface area (Å²) in [5, 5.41) is 10.1. The molecule has 0 saturated carbocycles. The Balaban J connectivity index is 2.25. The lowest BCUT2D eigenvalue weighted by Gasteiger charge is -2.32. The molecular formula is C22H20ClF2NO3S. The lowest BCUT2D eigenvalue weighted by molar-refractivity contribution is 0.280. The molecule has 0 aromatic heterocycles. The Hall–Kier alpha value is -2.48. The molecule has 0 amide bonds. The summed E-state index contributed by atoms with van der Waals surface area (Å²) >= 11 is 5.87. The zero-order valence-corrected chi connectivity index (χ0v) is 17.9. The molecule has 30 heavy (non-hydrogen) atoms. The second-order valence-corrected chi connectivity index (χ2v) is 9.14. The van der Waals surface area contributed by atoms with Gasteiger partial charge in [0.05, 0.1) is 23.2 Å². The number of anilines is 1. The third-order valence-corrected chi connectivity index (χ3v) is 6.94. The van der Waals surface area contributed by atoms with Crippen molar-refractivity contribution >= 4 is 27.3 Å². The highest BCUT2D eigenvalue weighted by Crippen LogP contribution is 2.37. The summed E-state index contributed by atoms with van der Waals surface area (Å²) < 4.78 is 56.6. The maximum absolute atomic E-state index is 14.7. The van der Waals surface area contributed by atoms with Gasteiger partial charge in [0.1, 0.15) is 11.6 Å². The van der Waals surface area contributed by atoms with E-state index in [0.717, 1.165) is 28.1 Å². The van der Waals surface area contributed by atoms with Crippen LogP contribution >= 0.6 is 11.6 Å². The molecule has 0 radical (unpaired) electrons. The molecule has 1 atom stereocenters. The number of rotatable bonds is 6. The highest BCUT2D eigenvalue weighted by Gasteiger charge is 2.33. The number of aryl methyl sites for hydroxylation is 1. The number of aliphatic hydroxyl groups is 1. The molecule has 0 aliphatic carbocycles. The SMILES string of the molecule is Cc1ccc(C(C)N(c2cc(F)ccc2F)S(=O)(=O)c2ccc(Cl)cc2)c(CO)c1. The molecule has 3 aromatic rings. The molecule has 4 nitrogen and oxygen atoms in total. The molecule has 0 heterocycles. The summed E-state index contributed by atoms with van der Waals surface area (Å²) in [5.41, 5.74) is 1.42. The van der Waals surface area contributed by atoms with Gasteiger partial charge in [-0.3, -0.25) is 4.31 Å². The molecule has 0 spiro atoms. The number of hydrogen-bond acceptors (Lipinski definition) is 3. The Morgan fingerprint density at radius 3 is 2.33 bits per heavy atom. The molecule has 3 aromatic carbocycles. The predicted octanol–water partition coefficient (Wildman–Crippen LogP) is 5.38. The summed E-state index contributed by atoms with van der Waals surface area (Å²) in [6.07, 6.45) is 0. The first-order valence-corrected chi connectivity index (χ1v) is 10.9. The van der Waals surface area contributed by atoms with E-state index in [9.17, 15) is 22.3 Å². The van der Waals surface area contributed by atoms with Gasteiger partial charge in [-0.1, -0.05) is 35.4 Å². The number of benzene rings is 3. The van der Waals surface area contributed by atoms with Crippen LogP contribution in [0.25, 0.3) is 0 Å². The molecule has 0 aliphatic heterocycles. The van der Waals surface area contributed by atoms with Crippen LogP contribution in [0.3, 0.4) is 0 Å². The standard InChI is InChI=1S/C22H20ClF2NO3S/c1-14-3-9-20(16(11-14)13-27)15(2)26(22-12-18(24)6-10-21(22)25)30(28,29)19-7-4-17(23)5-8-19/h3-12,15,27H,13H2,1-2H3. The summed E-state index contributed by atoms with van der Waals surface area (Å²) in [7, 11) is -4.31. The highest BCUT2D eigenvalue weighted by molar-refractivity contribution is 7.92. The quantitative estimate of drug-likeness (QED) is 0.547. The second-order valence-electron chi connectivity index (χ2n) is 6.89. The average Bonchev–Trinajstić information content (AvgIpc) is 2.70. The van der Waals surface area contributed by atoms with Crippen LogP contribution in [0.15, 0.2) is 65.6 Å². The fraction of sp³-hybridized carbons (Fsp3) is 0.182. The zero-order chi connectivity index (χ0) is 22.1. The van der Waals surface area contributed by atoms with E-state index in [1.54, 1.807) is 25.1 Å². The lowest BCUT2D eigenvalue weighted by atomic mass is 9.99. The van der Waals surface area contributed by atoms with E-state index in [2.05, 4.69) is 0 Å². The fourth-order valence-corrected chi connectivity index (χ4v) is 5.09. The molecule has 1 unspecified atom stereocenters. The van der Waals surface area contributed by atoms with Gasteiger partial charge in [0.25, 0.3) is 10.0 Å². The molecule has 0 bridgehead atoms. The van der Waals surface area contributed by atoms with Crippen molar-refractivity contribution in [2.75, 3.05) is 4.31 Å². The van der Waals surface area contributed by atoms with Gasteiger partial charge < -0.3 is 5.11 Å². The topological polar surface area (TPSA) is 57.6 Å². The van der Waals surface area contributed by atoms with E-state index in [0.29, 0.717) is 16.1 Å². The van der Waals surface area contributed by atoms with Gasteiger partial charge in [0.2, 0.25) is 0 Å². The van der Waals surface area contributed by atoms with Crippen molar-refractivity contribution in [3.8, 4) is 0 Å². The van der Waals surface area contributed by atoms with Gasteiger partial charge >= 0.3 is 0 Å². The Kier molecular flexibility index (Phi) is 6.45. The van der Waals surface area contributed by atoms with E-state index >= 15 is 0 Å². The second kappa shape index (κ2) is 8.71. The van der Waals surface area contributed by atoms with E-state index in [4.69, 9.17) is 11.6 Å². The molecule has 0 aliphatic rings. The van der Waals surface area contributed by atoms with Crippen molar-refractivity contribution in [2.45, 2.75) is 31.4 Å². The molecule has 0 fully saturated rings. The minimum Gasteiger partial charge on any atom is -0.392 e. The van der Waals surface area contributed by atoms with Crippen LogP contribution in [0.2, 0.25) is 5.02 Å². The van der Waals surface area contributed by atoms with Gasteiger partial charge in [0, 0.05) is 11.1 Å². The molecule has 8 heteroatoms. The average molecular weight is 452 g/mol. The first kappa shape index (κ1) is 22.2. The maximum Gasteiger partial charge on any atom is 0.264 e. The van der Waals surface area contributed by atoms with Gasteiger partial charge in [-0.25, -0.2) is 17.2 Å². The third-order valence-electron chi connectivity index (χ3n) is 4.79. The van der Waals surface area contributed by atoms with Gasteiger partial charge in [0.15, 0.2) is 0 Å². The summed E-state index contributed by atoms with van der Waals surface area (Å²) in [6, 6.07) is 12.3. The lowest BCUT2D eigenvalue weighted by Crippen LogP contribution is -2.35. The third kappa shape index (κ3) is 4.33. The Morgan fingerprint density at radius 1 is 1.03 bits per heavy atom. The van der Waals surface area contributed by atoms with Crippen LogP contribution in [0.1, 0.15) is 29.7 Å². The summed E-state index contributed by atoms with van der Waals surface area (Å²) in [5.74, 6) is -1.67.